The molecule has 2 aliphatic rings. The summed E-state index contributed by atoms with van der Waals surface area (Å²) >= 11 is 0. The highest BCUT2D eigenvalue weighted by molar-refractivity contribution is 5.87. The molecule has 71 heavy (non-hydrogen) atoms. The van der Waals surface area contributed by atoms with E-state index in [0.29, 0.717) is 0 Å². The summed E-state index contributed by atoms with van der Waals surface area (Å²) in [4.78, 5) is 5.09. The molecule has 0 aromatic heterocycles. The molecule has 4 aromatic rings. The Morgan fingerprint density at radius 1 is 0.704 bits per heavy atom. The Bertz CT molecular complexity index is 2770. The normalized spacial score (nSPS) is 16.5. The molecule has 0 bridgehead atoms. The molecule has 0 N–H and O–H groups in total. The zero-order valence-corrected chi connectivity index (χ0v) is 48.0. The fraction of sp³-hybridized carbons (Fsp3) is 0.449. The van der Waals surface area contributed by atoms with Crippen molar-refractivity contribution in [3.05, 3.63) is 195 Å². The minimum atomic E-state index is -0.198. The van der Waals surface area contributed by atoms with Crippen LogP contribution in [-0.2, 0) is 16.2 Å². The van der Waals surface area contributed by atoms with E-state index in [1.54, 1.807) is 0 Å². The van der Waals surface area contributed by atoms with E-state index in [1.807, 2.05) is 0 Å². The number of nitrogens with zero attached hydrogens (tertiary/aromatic N) is 2. The minimum absolute atomic E-state index is 0.0345. The third kappa shape index (κ3) is 12.8. The van der Waals surface area contributed by atoms with E-state index in [1.165, 1.54) is 78.4 Å². The third-order valence-electron chi connectivity index (χ3n) is 15.2. The van der Waals surface area contributed by atoms with E-state index in [-0.39, 0.29) is 32.5 Å². The highest BCUT2D eigenvalue weighted by Gasteiger charge is 2.43. The van der Waals surface area contributed by atoms with E-state index in [4.69, 9.17) is 6.58 Å². The largest absolute Gasteiger partial charge is 0.311 e. The van der Waals surface area contributed by atoms with Crippen LogP contribution in [0.1, 0.15) is 187 Å². The summed E-state index contributed by atoms with van der Waals surface area (Å²) in [5, 5.41) is 0. The number of benzene rings is 4. The van der Waals surface area contributed by atoms with Crippen LogP contribution in [-0.4, -0.2) is 0 Å². The van der Waals surface area contributed by atoms with Crippen LogP contribution in [0.15, 0.2) is 151 Å². The first kappa shape index (κ1) is 55.0. The van der Waals surface area contributed by atoms with Gasteiger partial charge < -0.3 is 9.80 Å². The molecule has 4 aromatic carbocycles. The van der Waals surface area contributed by atoms with Crippen LogP contribution < -0.4 is 9.80 Å². The Labute approximate surface area is 434 Å². The molecule has 0 atom stereocenters. The maximum Gasteiger partial charge on any atom is 0.0514 e. The molecule has 0 saturated heterocycles. The molecule has 0 radical (unpaired) electrons. The number of allylic oxidation sites excluding steroid dienone is 10. The first-order chi connectivity index (χ1) is 33.0. The third-order valence-corrected chi connectivity index (χ3v) is 15.2. The van der Waals surface area contributed by atoms with Gasteiger partial charge in [0.05, 0.1) is 11.4 Å². The Morgan fingerprint density at radius 3 is 1.97 bits per heavy atom. The van der Waals surface area contributed by atoms with E-state index in [0.717, 1.165) is 49.9 Å². The number of hydrogen-bond donors (Lipinski definition) is 0. The second-order valence-corrected chi connectivity index (χ2v) is 26.1. The van der Waals surface area contributed by atoms with Gasteiger partial charge >= 0.3 is 0 Å². The number of unbranched alkanes of at least 4 members (excludes halogenated alkanes) is 1. The van der Waals surface area contributed by atoms with Crippen LogP contribution in [0.4, 0.5) is 22.7 Å². The van der Waals surface area contributed by atoms with Crippen LogP contribution in [0.2, 0.25) is 0 Å². The van der Waals surface area contributed by atoms with Gasteiger partial charge in [-0.05, 0) is 173 Å². The lowest BCUT2D eigenvalue weighted by Gasteiger charge is -2.38. The second kappa shape index (κ2) is 21.0. The fourth-order valence-electron chi connectivity index (χ4n) is 11.8. The van der Waals surface area contributed by atoms with E-state index in [9.17, 15) is 0 Å². The zero-order valence-electron chi connectivity index (χ0n) is 48.0. The van der Waals surface area contributed by atoms with Gasteiger partial charge in [-0.1, -0.05) is 213 Å². The van der Waals surface area contributed by atoms with Crippen molar-refractivity contribution in [1.29, 1.82) is 0 Å². The van der Waals surface area contributed by atoms with Crippen molar-refractivity contribution < 1.29 is 0 Å². The summed E-state index contributed by atoms with van der Waals surface area (Å²) in [7, 11) is 0. The van der Waals surface area contributed by atoms with Gasteiger partial charge in [0.2, 0.25) is 0 Å². The Kier molecular flexibility index (Phi) is 16.3. The molecule has 0 amide bonds. The summed E-state index contributed by atoms with van der Waals surface area (Å²) in [6, 6.07) is 27.7. The van der Waals surface area contributed by atoms with Gasteiger partial charge in [0.15, 0.2) is 0 Å². The average Bonchev–Trinajstić information content (AvgIpc) is 3.44. The van der Waals surface area contributed by atoms with Gasteiger partial charge in [0.1, 0.15) is 0 Å². The molecule has 0 fully saturated rings. The number of rotatable bonds is 16. The smallest absolute Gasteiger partial charge is 0.0514 e. The Morgan fingerprint density at radius 2 is 1.34 bits per heavy atom. The molecular weight excluding hydrogens is 857 g/mol. The van der Waals surface area contributed by atoms with E-state index < -0.39 is 0 Å². The number of anilines is 4. The quantitative estimate of drug-likeness (QED) is 0.103. The molecule has 0 aliphatic heterocycles. The molecule has 2 aliphatic carbocycles. The number of fused-ring (bicyclic) bond motifs is 1. The van der Waals surface area contributed by atoms with Crippen LogP contribution in [0, 0.1) is 43.9 Å². The summed E-state index contributed by atoms with van der Waals surface area (Å²) in [6.45, 7) is 49.8. The zero-order chi connectivity index (χ0) is 52.5. The molecule has 0 unspecified atom stereocenters. The number of hydrogen-bond acceptors (Lipinski definition) is 2. The van der Waals surface area contributed by atoms with Crippen molar-refractivity contribution in [2.24, 2.45) is 16.2 Å². The van der Waals surface area contributed by atoms with Crippen molar-refractivity contribution >= 4 is 28.8 Å². The summed E-state index contributed by atoms with van der Waals surface area (Å²) in [5.74, 6) is 0. The lowest BCUT2D eigenvalue weighted by molar-refractivity contribution is 0.244. The van der Waals surface area contributed by atoms with Gasteiger partial charge in [0.25, 0.3) is 0 Å². The first-order valence-electron chi connectivity index (χ1n) is 26.8. The molecule has 6 rings (SSSR count). The second-order valence-electron chi connectivity index (χ2n) is 26.1. The van der Waals surface area contributed by atoms with Crippen molar-refractivity contribution in [2.75, 3.05) is 9.80 Å². The SMILES string of the molecule is C=C(/C=C\C(=Cc1ccccc1)C(C)(C)C)N(C1=CCCC(C(C)(C)CC(C)(C)C)=C1)c1cc(C)cc(N(c2cc(C(C)(C)C=C/C=C\CCC)ccc2C)c2cc3c(cc2C)C(C)(C)CC3(C)C)c1C. The molecule has 0 saturated carbocycles. The summed E-state index contributed by atoms with van der Waals surface area (Å²) in [6.07, 6.45) is 27.5. The highest BCUT2D eigenvalue weighted by atomic mass is 15.2. The van der Waals surface area contributed by atoms with Gasteiger partial charge in [-0.15, -0.1) is 0 Å². The van der Waals surface area contributed by atoms with Crippen molar-refractivity contribution in [2.45, 2.75) is 186 Å². The van der Waals surface area contributed by atoms with Crippen molar-refractivity contribution in [3.8, 4) is 0 Å². The first-order valence-corrected chi connectivity index (χ1v) is 26.8. The predicted molar refractivity (Wildman–Crippen MR) is 315 cm³/mol. The van der Waals surface area contributed by atoms with Gasteiger partial charge in [-0.2, -0.15) is 0 Å². The van der Waals surface area contributed by atoms with Crippen LogP contribution >= 0.6 is 0 Å². The fourth-order valence-corrected chi connectivity index (χ4v) is 11.8. The number of aryl methyl sites for hydroxylation is 3. The average molecular weight is 950 g/mol. The van der Waals surface area contributed by atoms with Gasteiger partial charge in [0, 0.05) is 28.2 Å². The monoisotopic (exact) mass is 949 g/mol. The standard InChI is InChI=1S/C69H92N2/c1-21-22-23-24-28-38-66(13,14)56-36-34-49(3)60(44-56)71(61-45-59-58(41-50(61)4)68(17,18)47-69(59,19)20)63-40-48(2)39-62(52(63)6)70(57-33-29-32-55(43-57)67(15,16)46-64(7,8)9)51(5)35-37-54(65(10,11)12)42-53-30-26-25-27-31-53/h23-28,30-31,33-45H,5,21-22,29,32,46-47H2,1-4,6-20H3/b24-23-,37-35-,38-28?,54-42?. The lowest BCUT2D eigenvalue weighted by atomic mass is 9.70. The molecule has 0 spiro atoms. The van der Waals surface area contributed by atoms with Crippen molar-refractivity contribution in [1.82, 2.24) is 0 Å². The van der Waals surface area contributed by atoms with Gasteiger partial charge in [-0.25, -0.2) is 0 Å². The lowest BCUT2D eigenvalue weighted by Crippen LogP contribution is -2.27. The highest BCUT2D eigenvalue weighted by Crippen LogP contribution is 2.54. The molecule has 378 valence electrons. The summed E-state index contributed by atoms with van der Waals surface area (Å²) in [5.41, 5.74) is 20.1. The van der Waals surface area contributed by atoms with Crippen LogP contribution in [0.3, 0.4) is 0 Å². The molecule has 2 heteroatoms. The summed E-state index contributed by atoms with van der Waals surface area (Å²) < 4.78 is 0. The van der Waals surface area contributed by atoms with E-state index in [2.05, 4.69) is 269 Å². The van der Waals surface area contributed by atoms with Crippen molar-refractivity contribution in [3.63, 3.8) is 0 Å². The Hall–Kier alpha value is -5.34. The maximum absolute atomic E-state index is 4.97. The minimum Gasteiger partial charge on any atom is -0.311 e. The van der Waals surface area contributed by atoms with Gasteiger partial charge in [-0.3, -0.25) is 0 Å². The van der Waals surface area contributed by atoms with Crippen LogP contribution in [0.5, 0.6) is 0 Å². The maximum atomic E-state index is 4.97. The van der Waals surface area contributed by atoms with E-state index >= 15 is 0 Å². The topological polar surface area (TPSA) is 6.48 Å². The molecular formula is C69H92N2. The molecule has 0 heterocycles. The Balaban J connectivity index is 1.64. The predicted octanol–water partition coefficient (Wildman–Crippen LogP) is 20.6. The molecule has 2 nitrogen and oxygen atoms in total. The van der Waals surface area contributed by atoms with Crippen LogP contribution in [0.25, 0.3) is 6.08 Å².